The number of pyridine rings is 1. The summed E-state index contributed by atoms with van der Waals surface area (Å²) in [7, 11) is 0. The standard InChI is InChI=1S/C9H11N3O3/c1-6-3-2-4-7(11-6)9(14)12-15-5-8(10)13/h2-4H,5H2,1H3,(H2,10,13)(H,12,14). The lowest BCUT2D eigenvalue weighted by atomic mass is 10.3. The van der Waals surface area contributed by atoms with Crippen LogP contribution in [0.15, 0.2) is 18.2 Å². The van der Waals surface area contributed by atoms with Gasteiger partial charge in [-0.25, -0.2) is 10.5 Å². The van der Waals surface area contributed by atoms with Gasteiger partial charge in [0, 0.05) is 5.69 Å². The summed E-state index contributed by atoms with van der Waals surface area (Å²) in [6, 6.07) is 5.00. The molecular formula is C9H11N3O3. The summed E-state index contributed by atoms with van der Waals surface area (Å²) in [5.41, 5.74) is 7.81. The van der Waals surface area contributed by atoms with E-state index in [1.165, 1.54) is 6.07 Å². The van der Waals surface area contributed by atoms with Crippen molar-refractivity contribution in [2.75, 3.05) is 6.61 Å². The second-order valence-electron chi connectivity index (χ2n) is 2.85. The van der Waals surface area contributed by atoms with Crippen molar-refractivity contribution in [3.05, 3.63) is 29.6 Å². The van der Waals surface area contributed by atoms with Gasteiger partial charge < -0.3 is 5.73 Å². The van der Waals surface area contributed by atoms with Gasteiger partial charge in [0.05, 0.1) is 0 Å². The molecule has 2 amide bonds. The van der Waals surface area contributed by atoms with Gasteiger partial charge in [-0.2, -0.15) is 0 Å². The van der Waals surface area contributed by atoms with Gasteiger partial charge in [-0.05, 0) is 19.1 Å². The molecule has 15 heavy (non-hydrogen) atoms. The van der Waals surface area contributed by atoms with Gasteiger partial charge in [-0.1, -0.05) is 6.07 Å². The van der Waals surface area contributed by atoms with Crippen molar-refractivity contribution in [1.82, 2.24) is 10.5 Å². The third-order valence-corrected chi connectivity index (χ3v) is 1.50. The molecule has 0 spiro atoms. The number of nitrogens with one attached hydrogen (secondary N) is 1. The highest BCUT2D eigenvalue weighted by atomic mass is 16.7. The Kier molecular flexibility index (Phi) is 3.75. The van der Waals surface area contributed by atoms with Crippen LogP contribution in [0.5, 0.6) is 0 Å². The maximum atomic E-state index is 11.3. The van der Waals surface area contributed by atoms with Crippen LogP contribution in [0, 0.1) is 6.92 Å². The molecule has 0 unspecified atom stereocenters. The summed E-state index contributed by atoms with van der Waals surface area (Å²) in [5, 5.41) is 0. The van der Waals surface area contributed by atoms with Crippen molar-refractivity contribution >= 4 is 11.8 Å². The fourth-order valence-corrected chi connectivity index (χ4v) is 0.895. The number of hydrogen-bond donors (Lipinski definition) is 2. The highest BCUT2D eigenvalue weighted by molar-refractivity contribution is 5.91. The largest absolute Gasteiger partial charge is 0.368 e. The first kappa shape index (κ1) is 11.1. The van der Waals surface area contributed by atoms with Crippen LogP contribution in [-0.2, 0) is 9.63 Å². The van der Waals surface area contributed by atoms with E-state index in [9.17, 15) is 9.59 Å². The van der Waals surface area contributed by atoms with Crippen LogP contribution in [0.4, 0.5) is 0 Å². The van der Waals surface area contributed by atoms with E-state index < -0.39 is 11.8 Å². The molecule has 0 atom stereocenters. The molecule has 0 aliphatic rings. The maximum absolute atomic E-state index is 11.3. The number of carbonyl (C=O) groups is 2. The van der Waals surface area contributed by atoms with Crippen molar-refractivity contribution in [2.24, 2.45) is 5.73 Å². The SMILES string of the molecule is Cc1cccc(C(=O)NOCC(N)=O)n1. The monoisotopic (exact) mass is 209 g/mol. The van der Waals surface area contributed by atoms with E-state index in [1.54, 1.807) is 19.1 Å². The van der Waals surface area contributed by atoms with Gasteiger partial charge in [-0.3, -0.25) is 14.4 Å². The Morgan fingerprint density at radius 2 is 2.27 bits per heavy atom. The van der Waals surface area contributed by atoms with Crippen LogP contribution in [-0.4, -0.2) is 23.4 Å². The molecule has 1 aromatic rings. The number of nitrogens with two attached hydrogens (primary N) is 1. The normalized spacial score (nSPS) is 9.67. The molecule has 0 bridgehead atoms. The number of amides is 2. The van der Waals surface area contributed by atoms with Gasteiger partial charge in [-0.15, -0.1) is 0 Å². The summed E-state index contributed by atoms with van der Waals surface area (Å²) in [6.07, 6.45) is 0. The van der Waals surface area contributed by atoms with Crippen molar-refractivity contribution in [2.45, 2.75) is 6.92 Å². The Labute approximate surface area is 86.4 Å². The summed E-state index contributed by atoms with van der Waals surface area (Å²) in [5.74, 6) is -1.17. The molecule has 0 radical (unpaired) electrons. The first-order valence-corrected chi connectivity index (χ1v) is 4.23. The molecular weight excluding hydrogens is 198 g/mol. The molecule has 0 aliphatic carbocycles. The van der Waals surface area contributed by atoms with Crippen LogP contribution in [0.3, 0.4) is 0 Å². The topological polar surface area (TPSA) is 94.3 Å². The highest BCUT2D eigenvalue weighted by Crippen LogP contribution is 1.97. The van der Waals surface area contributed by atoms with Crippen LogP contribution < -0.4 is 11.2 Å². The fourth-order valence-electron chi connectivity index (χ4n) is 0.895. The van der Waals surface area contributed by atoms with Crippen molar-refractivity contribution < 1.29 is 14.4 Å². The lowest BCUT2D eigenvalue weighted by Crippen LogP contribution is -2.29. The Hall–Kier alpha value is -1.95. The Bertz CT molecular complexity index is 379. The lowest BCUT2D eigenvalue weighted by molar-refractivity contribution is -0.124. The zero-order valence-corrected chi connectivity index (χ0v) is 8.19. The Morgan fingerprint density at radius 1 is 1.53 bits per heavy atom. The summed E-state index contributed by atoms with van der Waals surface area (Å²) >= 11 is 0. The smallest absolute Gasteiger partial charge is 0.293 e. The van der Waals surface area contributed by atoms with Crippen molar-refractivity contribution in [3.8, 4) is 0 Å². The molecule has 1 rings (SSSR count). The fraction of sp³-hybridized carbons (Fsp3) is 0.222. The van der Waals surface area contributed by atoms with Crippen LogP contribution in [0.1, 0.15) is 16.2 Å². The van der Waals surface area contributed by atoms with Gasteiger partial charge >= 0.3 is 0 Å². The zero-order chi connectivity index (χ0) is 11.3. The molecule has 0 aliphatic heterocycles. The minimum Gasteiger partial charge on any atom is -0.368 e. The second-order valence-corrected chi connectivity index (χ2v) is 2.85. The average molecular weight is 209 g/mol. The maximum Gasteiger partial charge on any atom is 0.293 e. The van der Waals surface area contributed by atoms with Crippen LogP contribution >= 0.6 is 0 Å². The van der Waals surface area contributed by atoms with Crippen LogP contribution in [0.25, 0.3) is 0 Å². The highest BCUT2D eigenvalue weighted by Gasteiger charge is 2.07. The number of aryl methyl sites for hydroxylation is 1. The van der Waals surface area contributed by atoms with Crippen molar-refractivity contribution in [3.63, 3.8) is 0 Å². The number of carbonyl (C=O) groups excluding carboxylic acids is 2. The number of aromatic nitrogens is 1. The van der Waals surface area contributed by atoms with E-state index in [2.05, 4.69) is 15.3 Å². The molecule has 0 aromatic carbocycles. The summed E-state index contributed by atoms with van der Waals surface area (Å²) in [6.45, 7) is 1.40. The van der Waals surface area contributed by atoms with E-state index in [0.717, 1.165) is 5.69 Å². The summed E-state index contributed by atoms with van der Waals surface area (Å²) in [4.78, 5) is 30.1. The first-order valence-electron chi connectivity index (χ1n) is 4.23. The van der Waals surface area contributed by atoms with Crippen molar-refractivity contribution in [1.29, 1.82) is 0 Å². The molecule has 6 heteroatoms. The third kappa shape index (κ3) is 3.74. The minimum absolute atomic E-state index is 0.222. The molecule has 3 N–H and O–H groups in total. The Morgan fingerprint density at radius 3 is 2.87 bits per heavy atom. The van der Waals surface area contributed by atoms with Crippen LogP contribution in [0.2, 0.25) is 0 Å². The Balaban J connectivity index is 2.50. The predicted octanol–water partition coefficient (Wildman–Crippen LogP) is -0.463. The third-order valence-electron chi connectivity index (χ3n) is 1.50. The van der Waals surface area contributed by atoms with E-state index in [4.69, 9.17) is 5.73 Å². The minimum atomic E-state index is -0.660. The number of primary amides is 1. The molecule has 80 valence electrons. The second kappa shape index (κ2) is 5.06. The molecule has 0 saturated carbocycles. The van der Waals surface area contributed by atoms with E-state index in [-0.39, 0.29) is 12.3 Å². The molecule has 1 aromatic heterocycles. The van der Waals surface area contributed by atoms with E-state index in [1.807, 2.05) is 0 Å². The molecule has 1 heterocycles. The van der Waals surface area contributed by atoms with Gasteiger partial charge in [0.15, 0.2) is 6.61 Å². The van der Waals surface area contributed by atoms with Gasteiger partial charge in [0.25, 0.3) is 5.91 Å². The molecule has 0 saturated heterocycles. The summed E-state index contributed by atoms with van der Waals surface area (Å²) < 4.78 is 0. The van der Waals surface area contributed by atoms with Gasteiger partial charge in [0.1, 0.15) is 5.69 Å². The predicted molar refractivity (Wildman–Crippen MR) is 51.6 cm³/mol. The van der Waals surface area contributed by atoms with E-state index >= 15 is 0 Å². The first-order chi connectivity index (χ1) is 7.09. The number of rotatable bonds is 4. The van der Waals surface area contributed by atoms with Gasteiger partial charge in [0.2, 0.25) is 5.91 Å². The quantitative estimate of drug-likeness (QED) is 0.656. The number of hydrogen-bond acceptors (Lipinski definition) is 4. The zero-order valence-electron chi connectivity index (χ0n) is 8.19. The lowest BCUT2D eigenvalue weighted by Gasteiger charge is -2.03. The molecule has 6 nitrogen and oxygen atoms in total. The average Bonchev–Trinajstić information content (AvgIpc) is 2.17. The number of hydroxylamine groups is 1. The number of nitrogens with zero attached hydrogens (tertiary/aromatic N) is 1. The van der Waals surface area contributed by atoms with E-state index in [0.29, 0.717) is 0 Å². The molecule has 0 fully saturated rings.